The van der Waals surface area contributed by atoms with E-state index in [4.69, 9.17) is 30.8 Å². The van der Waals surface area contributed by atoms with Gasteiger partial charge in [-0.05, 0) is 52.0 Å². The Kier molecular flexibility index (Phi) is 5.31. The molecule has 0 saturated carbocycles. The van der Waals surface area contributed by atoms with Crippen LogP contribution in [0.15, 0.2) is 45.9 Å². The van der Waals surface area contributed by atoms with Crippen molar-refractivity contribution in [2.24, 2.45) is 4.99 Å². The van der Waals surface area contributed by atoms with Crippen molar-refractivity contribution in [1.29, 1.82) is 0 Å². The van der Waals surface area contributed by atoms with E-state index in [2.05, 4.69) is 5.16 Å². The van der Waals surface area contributed by atoms with Crippen LogP contribution in [0.3, 0.4) is 0 Å². The highest BCUT2D eigenvalue weighted by Gasteiger charge is 2.27. The SMILES string of the molecule is Cc1noc2c1-c1ccc(N(C)C(=O)OC(C)(C)C)nc1C(c1ccc(Cl)cc1)=NC2. The minimum absolute atomic E-state index is 0.335. The molecule has 31 heavy (non-hydrogen) atoms. The molecular weight excluding hydrogens is 416 g/mol. The van der Waals surface area contributed by atoms with Gasteiger partial charge in [-0.15, -0.1) is 0 Å². The van der Waals surface area contributed by atoms with Crippen LogP contribution in [0.1, 0.15) is 43.5 Å². The number of aromatic nitrogens is 2. The van der Waals surface area contributed by atoms with E-state index in [1.807, 2.05) is 58.0 Å². The first-order chi connectivity index (χ1) is 14.6. The molecule has 0 unspecified atom stereocenters. The predicted molar refractivity (Wildman–Crippen MR) is 120 cm³/mol. The average molecular weight is 439 g/mol. The minimum atomic E-state index is -0.610. The van der Waals surface area contributed by atoms with Crippen LogP contribution in [0, 0.1) is 6.92 Å². The molecule has 0 radical (unpaired) electrons. The van der Waals surface area contributed by atoms with E-state index in [-0.39, 0.29) is 0 Å². The van der Waals surface area contributed by atoms with Gasteiger partial charge in [0.1, 0.15) is 18.0 Å². The second kappa shape index (κ2) is 7.81. The Hall–Kier alpha value is -3.19. The Bertz CT molecular complexity index is 1180. The predicted octanol–water partition coefficient (Wildman–Crippen LogP) is 5.42. The van der Waals surface area contributed by atoms with E-state index < -0.39 is 11.7 Å². The number of aryl methyl sites for hydroxylation is 1. The highest BCUT2D eigenvalue weighted by atomic mass is 35.5. The molecule has 3 heterocycles. The number of carbonyl (C=O) groups excluding carboxylic acids is 1. The maximum atomic E-state index is 12.6. The molecule has 3 aromatic rings. The molecular formula is C23H23ClN4O3. The van der Waals surface area contributed by atoms with Gasteiger partial charge < -0.3 is 9.26 Å². The van der Waals surface area contributed by atoms with Crippen LogP contribution in [0.5, 0.6) is 0 Å². The van der Waals surface area contributed by atoms with Gasteiger partial charge in [0.15, 0.2) is 5.76 Å². The van der Waals surface area contributed by atoms with Gasteiger partial charge in [-0.25, -0.2) is 9.78 Å². The summed E-state index contributed by atoms with van der Waals surface area (Å²) in [5.41, 5.74) is 4.08. The van der Waals surface area contributed by atoms with E-state index in [0.717, 1.165) is 22.4 Å². The largest absolute Gasteiger partial charge is 0.443 e. The third kappa shape index (κ3) is 4.18. The maximum Gasteiger partial charge on any atom is 0.415 e. The highest BCUT2D eigenvalue weighted by Crippen LogP contribution is 2.35. The summed E-state index contributed by atoms with van der Waals surface area (Å²) in [5.74, 6) is 1.13. The Morgan fingerprint density at radius 1 is 1.16 bits per heavy atom. The Morgan fingerprint density at radius 3 is 2.55 bits per heavy atom. The monoisotopic (exact) mass is 438 g/mol. The summed E-state index contributed by atoms with van der Waals surface area (Å²) in [4.78, 5) is 23.6. The Balaban J connectivity index is 1.84. The Labute approximate surface area is 185 Å². The lowest BCUT2D eigenvalue weighted by atomic mass is 9.97. The zero-order chi connectivity index (χ0) is 22.3. The van der Waals surface area contributed by atoms with Crippen molar-refractivity contribution in [1.82, 2.24) is 10.1 Å². The standard InChI is InChI=1S/C23H23ClN4O3/c1-13-19-16-10-11-18(28(5)22(29)30-23(2,3)4)26-21(16)20(25-12-17(19)31-27-13)14-6-8-15(24)9-7-14/h6-11H,12H2,1-5H3. The topological polar surface area (TPSA) is 80.8 Å². The molecule has 4 rings (SSSR count). The van der Waals surface area contributed by atoms with Crippen molar-refractivity contribution >= 4 is 29.2 Å². The summed E-state index contributed by atoms with van der Waals surface area (Å²) in [6.45, 7) is 7.70. The second-order valence-electron chi connectivity index (χ2n) is 8.34. The number of ether oxygens (including phenoxy) is 1. The fraction of sp³-hybridized carbons (Fsp3) is 0.304. The van der Waals surface area contributed by atoms with Gasteiger partial charge >= 0.3 is 6.09 Å². The van der Waals surface area contributed by atoms with Gasteiger partial charge in [0.2, 0.25) is 0 Å². The van der Waals surface area contributed by atoms with Gasteiger partial charge in [0.25, 0.3) is 0 Å². The van der Waals surface area contributed by atoms with Crippen molar-refractivity contribution in [2.45, 2.75) is 39.8 Å². The van der Waals surface area contributed by atoms with E-state index >= 15 is 0 Å². The first kappa shape index (κ1) is 21.1. The first-order valence-corrected chi connectivity index (χ1v) is 10.3. The number of carbonyl (C=O) groups is 1. The van der Waals surface area contributed by atoms with E-state index in [1.54, 1.807) is 13.1 Å². The molecule has 1 aliphatic rings. The molecule has 2 aromatic heterocycles. The molecule has 8 heteroatoms. The third-order valence-corrected chi connectivity index (χ3v) is 5.07. The normalized spacial score (nSPS) is 13.0. The molecule has 1 amide bonds. The summed E-state index contributed by atoms with van der Waals surface area (Å²) >= 11 is 6.08. The number of amides is 1. The van der Waals surface area contributed by atoms with Crippen molar-refractivity contribution in [3.05, 3.63) is 64.1 Å². The molecule has 0 N–H and O–H groups in total. The van der Waals surface area contributed by atoms with Crippen LogP contribution in [-0.4, -0.2) is 34.6 Å². The summed E-state index contributed by atoms with van der Waals surface area (Å²) in [6, 6.07) is 11.1. The third-order valence-electron chi connectivity index (χ3n) is 4.82. The maximum absolute atomic E-state index is 12.6. The molecule has 0 saturated heterocycles. The molecule has 0 aliphatic carbocycles. The van der Waals surface area contributed by atoms with Gasteiger partial charge in [0, 0.05) is 23.2 Å². The fourth-order valence-electron chi connectivity index (χ4n) is 3.37. The Morgan fingerprint density at radius 2 is 1.87 bits per heavy atom. The molecule has 160 valence electrons. The van der Waals surface area contributed by atoms with E-state index in [9.17, 15) is 4.79 Å². The number of anilines is 1. The lowest BCUT2D eigenvalue weighted by molar-refractivity contribution is 0.0588. The zero-order valence-corrected chi connectivity index (χ0v) is 18.8. The number of fused-ring (bicyclic) bond motifs is 3. The molecule has 1 aliphatic heterocycles. The first-order valence-electron chi connectivity index (χ1n) is 9.88. The number of nitrogens with zero attached hydrogens (tertiary/aromatic N) is 4. The van der Waals surface area contributed by atoms with E-state index in [0.29, 0.717) is 34.6 Å². The molecule has 0 atom stereocenters. The van der Waals surface area contributed by atoms with Gasteiger partial charge in [-0.1, -0.05) is 28.9 Å². The second-order valence-corrected chi connectivity index (χ2v) is 8.78. The van der Waals surface area contributed by atoms with Crippen LogP contribution >= 0.6 is 11.6 Å². The zero-order valence-electron chi connectivity index (χ0n) is 18.1. The number of hydrogen-bond acceptors (Lipinski definition) is 6. The summed E-state index contributed by atoms with van der Waals surface area (Å²) in [5, 5.41) is 4.74. The smallest absolute Gasteiger partial charge is 0.415 e. The average Bonchev–Trinajstić information content (AvgIpc) is 2.99. The van der Waals surface area contributed by atoms with Crippen molar-refractivity contribution in [3.8, 4) is 11.1 Å². The number of halogens is 1. The van der Waals surface area contributed by atoms with Crippen LogP contribution in [0.4, 0.5) is 10.6 Å². The molecule has 7 nitrogen and oxygen atoms in total. The summed E-state index contributed by atoms with van der Waals surface area (Å²) < 4.78 is 11.0. The number of pyridine rings is 1. The van der Waals surface area contributed by atoms with Crippen LogP contribution in [0.25, 0.3) is 11.1 Å². The number of benzene rings is 1. The lowest BCUT2D eigenvalue weighted by Crippen LogP contribution is -2.34. The summed E-state index contributed by atoms with van der Waals surface area (Å²) in [7, 11) is 1.63. The highest BCUT2D eigenvalue weighted by molar-refractivity contribution is 6.30. The van der Waals surface area contributed by atoms with E-state index in [1.165, 1.54) is 4.90 Å². The fourth-order valence-corrected chi connectivity index (χ4v) is 3.50. The van der Waals surface area contributed by atoms with Gasteiger partial charge in [-0.2, -0.15) is 0 Å². The minimum Gasteiger partial charge on any atom is -0.443 e. The number of aliphatic imine (C=N–C) groups is 1. The number of rotatable bonds is 2. The number of hydrogen-bond donors (Lipinski definition) is 0. The summed E-state index contributed by atoms with van der Waals surface area (Å²) in [6.07, 6.45) is -0.486. The quantitative estimate of drug-likeness (QED) is 0.533. The van der Waals surface area contributed by atoms with Crippen molar-refractivity contribution < 1.29 is 14.1 Å². The van der Waals surface area contributed by atoms with Gasteiger partial charge in [-0.3, -0.25) is 9.89 Å². The molecule has 0 bridgehead atoms. The molecule has 0 spiro atoms. The molecule has 0 fully saturated rings. The van der Waals surface area contributed by atoms with Crippen LogP contribution < -0.4 is 4.90 Å². The van der Waals surface area contributed by atoms with Gasteiger partial charge in [0.05, 0.1) is 22.7 Å². The molecule has 1 aromatic carbocycles. The lowest BCUT2D eigenvalue weighted by Gasteiger charge is -2.24. The van der Waals surface area contributed by atoms with Crippen molar-refractivity contribution in [2.75, 3.05) is 11.9 Å². The van der Waals surface area contributed by atoms with Crippen LogP contribution in [-0.2, 0) is 11.3 Å². The van der Waals surface area contributed by atoms with Crippen molar-refractivity contribution in [3.63, 3.8) is 0 Å². The van der Waals surface area contributed by atoms with Crippen LogP contribution in [0.2, 0.25) is 5.02 Å².